The molecule has 2 aromatic rings. The van der Waals surface area contributed by atoms with Gasteiger partial charge in [-0.3, -0.25) is 24.6 Å². The standard InChI is InChI=1S/C27H37N7O6/c1-16(35)32-23(15-18-7-11-20(37)12-8-18)26(40)33-21(4-2-3-13-31-27(29)30)25(39)34-22(24(28)38)14-17-5-9-19(36)10-6-17/h5-12,21-23,36-37H,2-4,13-15H2,1H3,(H2,28,38)(H,32,35)(H,33,40)(H,34,39)(H4,29,30,31). The highest BCUT2D eigenvalue weighted by atomic mass is 16.3. The first-order valence-electron chi connectivity index (χ1n) is 12.8. The van der Waals surface area contributed by atoms with E-state index < -0.39 is 41.8 Å². The molecule has 216 valence electrons. The van der Waals surface area contributed by atoms with E-state index in [9.17, 15) is 29.4 Å². The molecule has 4 amide bonds. The summed E-state index contributed by atoms with van der Waals surface area (Å²) in [7, 11) is 0. The van der Waals surface area contributed by atoms with Gasteiger partial charge in [-0.15, -0.1) is 0 Å². The lowest BCUT2D eigenvalue weighted by molar-refractivity contribution is -0.133. The SMILES string of the molecule is CC(=O)NC(Cc1ccc(O)cc1)C(=O)NC(CCCCNC(=N)N)C(=O)NC(Cc1ccc(O)cc1)C(N)=O. The molecule has 13 heteroatoms. The van der Waals surface area contributed by atoms with Crippen LogP contribution in [0.3, 0.4) is 0 Å². The van der Waals surface area contributed by atoms with E-state index in [1.807, 2.05) is 0 Å². The molecule has 0 saturated carbocycles. The number of phenolic OH excluding ortho intramolecular Hbond substituents is 2. The van der Waals surface area contributed by atoms with Gasteiger partial charge in [0.25, 0.3) is 0 Å². The van der Waals surface area contributed by atoms with Crippen molar-refractivity contribution in [2.45, 2.75) is 57.2 Å². The minimum absolute atomic E-state index is 0.0477. The number of benzene rings is 2. The van der Waals surface area contributed by atoms with Crippen LogP contribution in [0, 0.1) is 5.41 Å². The molecule has 0 fully saturated rings. The maximum absolute atomic E-state index is 13.3. The Bertz CT molecular complexity index is 1170. The summed E-state index contributed by atoms with van der Waals surface area (Å²) in [5.74, 6) is -2.56. The van der Waals surface area contributed by atoms with Gasteiger partial charge in [0.2, 0.25) is 23.6 Å². The first kappa shape index (κ1) is 31.4. The molecule has 2 rings (SSSR count). The molecule has 0 aliphatic carbocycles. The van der Waals surface area contributed by atoms with E-state index in [-0.39, 0.29) is 36.7 Å². The van der Waals surface area contributed by atoms with Gasteiger partial charge in [0, 0.05) is 26.3 Å². The first-order valence-corrected chi connectivity index (χ1v) is 12.8. The van der Waals surface area contributed by atoms with E-state index in [1.54, 1.807) is 24.3 Å². The van der Waals surface area contributed by atoms with Gasteiger partial charge < -0.3 is 42.9 Å². The average Bonchev–Trinajstić information content (AvgIpc) is 2.88. The van der Waals surface area contributed by atoms with Crippen molar-refractivity contribution in [2.24, 2.45) is 11.5 Å². The van der Waals surface area contributed by atoms with Crippen LogP contribution in [0.1, 0.15) is 37.3 Å². The zero-order valence-electron chi connectivity index (χ0n) is 22.3. The molecule has 0 spiro atoms. The third-order valence-electron chi connectivity index (χ3n) is 5.97. The second-order valence-corrected chi connectivity index (χ2v) is 9.36. The predicted molar refractivity (Wildman–Crippen MR) is 148 cm³/mol. The molecule has 0 saturated heterocycles. The molecule has 0 aromatic heterocycles. The van der Waals surface area contributed by atoms with Crippen molar-refractivity contribution >= 4 is 29.6 Å². The lowest BCUT2D eigenvalue weighted by atomic mass is 10.0. The van der Waals surface area contributed by atoms with Crippen LogP contribution in [0.2, 0.25) is 0 Å². The Morgan fingerprint density at radius 1 is 0.750 bits per heavy atom. The van der Waals surface area contributed by atoms with Crippen molar-refractivity contribution in [3.05, 3.63) is 59.7 Å². The van der Waals surface area contributed by atoms with Crippen LogP contribution < -0.4 is 32.7 Å². The van der Waals surface area contributed by atoms with Crippen molar-refractivity contribution in [1.82, 2.24) is 21.3 Å². The highest BCUT2D eigenvalue weighted by Gasteiger charge is 2.29. The summed E-state index contributed by atoms with van der Waals surface area (Å²) in [6, 6.07) is 9.08. The number of rotatable bonds is 15. The van der Waals surface area contributed by atoms with Crippen LogP contribution in [-0.2, 0) is 32.0 Å². The van der Waals surface area contributed by atoms with Crippen LogP contribution in [-0.4, -0.2) is 64.5 Å². The normalized spacial score (nSPS) is 12.8. The summed E-state index contributed by atoms with van der Waals surface area (Å²) < 4.78 is 0. The Morgan fingerprint density at radius 2 is 1.23 bits per heavy atom. The summed E-state index contributed by atoms with van der Waals surface area (Å²) in [6.07, 6.45) is 1.36. The van der Waals surface area contributed by atoms with Crippen LogP contribution in [0.15, 0.2) is 48.5 Å². The van der Waals surface area contributed by atoms with E-state index in [0.717, 1.165) is 0 Å². The number of primary amides is 1. The number of phenols is 2. The maximum Gasteiger partial charge on any atom is 0.243 e. The Balaban J connectivity index is 2.18. The number of nitrogens with two attached hydrogens (primary N) is 2. The lowest BCUT2D eigenvalue weighted by Gasteiger charge is -2.25. The Kier molecular flexibility index (Phi) is 12.2. The molecule has 0 bridgehead atoms. The minimum Gasteiger partial charge on any atom is -0.508 e. The number of hydrogen-bond acceptors (Lipinski definition) is 7. The molecule has 3 atom stereocenters. The van der Waals surface area contributed by atoms with Crippen molar-refractivity contribution in [1.29, 1.82) is 5.41 Å². The number of unbranched alkanes of at least 4 members (excludes halogenated alkanes) is 1. The fourth-order valence-corrected chi connectivity index (χ4v) is 3.92. The second kappa shape index (κ2) is 15.6. The number of hydrogen-bond donors (Lipinski definition) is 9. The van der Waals surface area contributed by atoms with Crippen molar-refractivity contribution < 1.29 is 29.4 Å². The van der Waals surface area contributed by atoms with E-state index in [0.29, 0.717) is 30.5 Å². The fraction of sp³-hybridized carbons (Fsp3) is 0.370. The van der Waals surface area contributed by atoms with Crippen LogP contribution in [0.25, 0.3) is 0 Å². The Morgan fingerprint density at radius 3 is 1.70 bits per heavy atom. The van der Waals surface area contributed by atoms with Gasteiger partial charge in [0.15, 0.2) is 5.96 Å². The molecule has 13 nitrogen and oxygen atoms in total. The molecule has 0 heterocycles. The smallest absolute Gasteiger partial charge is 0.243 e. The van der Waals surface area contributed by atoms with E-state index in [2.05, 4.69) is 21.3 Å². The molecule has 2 aromatic carbocycles. The summed E-state index contributed by atoms with van der Waals surface area (Å²) in [5.41, 5.74) is 12.2. The van der Waals surface area contributed by atoms with Gasteiger partial charge in [-0.2, -0.15) is 0 Å². The predicted octanol–water partition coefficient (Wildman–Crippen LogP) is -0.504. The van der Waals surface area contributed by atoms with Crippen LogP contribution in [0.4, 0.5) is 0 Å². The van der Waals surface area contributed by atoms with Gasteiger partial charge in [0.1, 0.15) is 29.6 Å². The van der Waals surface area contributed by atoms with E-state index >= 15 is 0 Å². The van der Waals surface area contributed by atoms with E-state index in [4.69, 9.17) is 16.9 Å². The number of guanidine groups is 1. The minimum atomic E-state index is -1.08. The second-order valence-electron chi connectivity index (χ2n) is 9.36. The molecular formula is C27H37N7O6. The van der Waals surface area contributed by atoms with Crippen molar-refractivity contribution in [2.75, 3.05) is 6.54 Å². The van der Waals surface area contributed by atoms with Gasteiger partial charge in [-0.1, -0.05) is 24.3 Å². The maximum atomic E-state index is 13.3. The molecular weight excluding hydrogens is 518 g/mol. The number of nitrogens with one attached hydrogen (secondary N) is 5. The zero-order chi connectivity index (χ0) is 29.7. The van der Waals surface area contributed by atoms with Crippen LogP contribution in [0.5, 0.6) is 11.5 Å². The van der Waals surface area contributed by atoms with Crippen molar-refractivity contribution in [3.63, 3.8) is 0 Å². The highest BCUT2D eigenvalue weighted by molar-refractivity contribution is 5.94. The summed E-state index contributed by atoms with van der Waals surface area (Å²) in [4.78, 5) is 50.5. The van der Waals surface area contributed by atoms with Gasteiger partial charge in [-0.05, 0) is 54.7 Å². The first-order chi connectivity index (χ1) is 18.9. The topological polar surface area (TPSA) is 233 Å². The third-order valence-corrected chi connectivity index (χ3v) is 5.97. The third kappa shape index (κ3) is 11.3. The average molecular weight is 556 g/mol. The Hall–Kier alpha value is -4.81. The quantitative estimate of drug-likeness (QED) is 0.0787. The lowest BCUT2D eigenvalue weighted by Crippen LogP contribution is -2.57. The monoisotopic (exact) mass is 555 g/mol. The van der Waals surface area contributed by atoms with Crippen molar-refractivity contribution in [3.8, 4) is 11.5 Å². The fourth-order valence-electron chi connectivity index (χ4n) is 3.92. The number of amides is 4. The highest BCUT2D eigenvalue weighted by Crippen LogP contribution is 2.13. The summed E-state index contributed by atoms with van der Waals surface area (Å²) in [5, 5.41) is 36.8. The molecule has 0 radical (unpaired) electrons. The molecule has 11 N–H and O–H groups in total. The van der Waals surface area contributed by atoms with Gasteiger partial charge in [-0.25, -0.2) is 0 Å². The van der Waals surface area contributed by atoms with E-state index in [1.165, 1.54) is 31.2 Å². The number of carbonyl (C=O) groups excluding carboxylic acids is 4. The van der Waals surface area contributed by atoms with Crippen LogP contribution >= 0.6 is 0 Å². The molecule has 3 unspecified atom stereocenters. The Labute approximate surface area is 232 Å². The van der Waals surface area contributed by atoms with Gasteiger partial charge in [0.05, 0.1) is 0 Å². The molecule has 40 heavy (non-hydrogen) atoms. The molecule has 0 aliphatic rings. The number of carbonyl (C=O) groups is 4. The number of aromatic hydroxyl groups is 2. The summed E-state index contributed by atoms with van der Waals surface area (Å²) in [6.45, 7) is 1.65. The largest absolute Gasteiger partial charge is 0.508 e. The summed E-state index contributed by atoms with van der Waals surface area (Å²) >= 11 is 0. The molecule has 0 aliphatic heterocycles. The zero-order valence-corrected chi connectivity index (χ0v) is 22.3. The van der Waals surface area contributed by atoms with Gasteiger partial charge >= 0.3 is 0 Å².